The van der Waals surface area contributed by atoms with Gasteiger partial charge in [-0.2, -0.15) is 23.5 Å². The molecular formula is C16H25NS2. The van der Waals surface area contributed by atoms with Crippen molar-refractivity contribution in [1.29, 1.82) is 0 Å². The first-order chi connectivity index (χ1) is 9.36. The van der Waals surface area contributed by atoms with Crippen molar-refractivity contribution < 1.29 is 0 Å². The molecular weight excluding hydrogens is 270 g/mol. The average Bonchev–Trinajstić information content (AvgIpc) is 2.49. The molecule has 0 spiro atoms. The minimum absolute atomic E-state index is 0.504. The Balaban J connectivity index is 2.16. The van der Waals surface area contributed by atoms with Gasteiger partial charge in [0.25, 0.3) is 0 Å². The lowest BCUT2D eigenvalue weighted by Gasteiger charge is -2.36. The molecule has 1 fully saturated rings. The van der Waals surface area contributed by atoms with Crippen molar-refractivity contribution in [3.63, 3.8) is 0 Å². The van der Waals surface area contributed by atoms with Gasteiger partial charge < -0.3 is 5.32 Å². The Morgan fingerprint density at radius 2 is 1.89 bits per heavy atom. The summed E-state index contributed by atoms with van der Waals surface area (Å²) in [4.78, 5) is 0. The Hall–Kier alpha value is -0.120. The molecule has 19 heavy (non-hydrogen) atoms. The monoisotopic (exact) mass is 295 g/mol. The molecule has 0 amide bonds. The second kappa shape index (κ2) is 8.23. The van der Waals surface area contributed by atoms with Crippen molar-refractivity contribution in [1.82, 2.24) is 5.32 Å². The summed E-state index contributed by atoms with van der Waals surface area (Å²) in [6.45, 7) is 5.69. The van der Waals surface area contributed by atoms with Crippen molar-refractivity contribution in [3.8, 4) is 0 Å². The molecule has 1 N–H and O–H groups in total. The van der Waals surface area contributed by atoms with E-state index in [1.54, 1.807) is 0 Å². The standard InChI is InChI=1S/C16H25NS2/c1-3-10-17-15(13-8-6-5-7-9-13)16-14(4-2)18-11-12-19-16/h5-9,14-17H,3-4,10-12H2,1-2H3. The van der Waals surface area contributed by atoms with Gasteiger partial charge in [-0.25, -0.2) is 0 Å². The van der Waals surface area contributed by atoms with Crippen LogP contribution in [0.25, 0.3) is 0 Å². The van der Waals surface area contributed by atoms with Gasteiger partial charge in [0.15, 0.2) is 0 Å². The number of rotatable bonds is 6. The first-order valence-corrected chi connectivity index (χ1v) is 9.48. The number of hydrogen-bond acceptors (Lipinski definition) is 3. The first-order valence-electron chi connectivity index (χ1n) is 7.38. The maximum absolute atomic E-state index is 3.79. The Morgan fingerprint density at radius 1 is 1.16 bits per heavy atom. The molecule has 1 saturated heterocycles. The van der Waals surface area contributed by atoms with Crippen LogP contribution in [0.4, 0.5) is 0 Å². The third-order valence-corrected chi connectivity index (χ3v) is 6.95. The predicted octanol–water partition coefficient (Wildman–Crippen LogP) is 4.35. The zero-order chi connectivity index (χ0) is 13.5. The molecule has 106 valence electrons. The molecule has 1 aliphatic heterocycles. The highest BCUT2D eigenvalue weighted by Gasteiger charge is 2.32. The van der Waals surface area contributed by atoms with Crippen LogP contribution in [0, 0.1) is 0 Å². The predicted molar refractivity (Wildman–Crippen MR) is 90.3 cm³/mol. The second-order valence-electron chi connectivity index (χ2n) is 5.00. The van der Waals surface area contributed by atoms with E-state index in [2.05, 4.69) is 73.0 Å². The van der Waals surface area contributed by atoms with Crippen molar-refractivity contribution >= 4 is 23.5 Å². The third kappa shape index (κ3) is 4.17. The van der Waals surface area contributed by atoms with Crippen LogP contribution in [-0.2, 0) is 0 Å². The fourth-order valence-corrected chi connectivity index (χ4v) is 5.88. The van der Waals surface area contributed by atoms with E-state index in [9.17, 15) is 0 Å². The molecule has 3 unspecified atom stereocenters. The van der Waals surface area contributed by atoms with Crippen molar-refractivity contribution in [2.24, 2.45) is 0 Å². The summed E-state index contributed by atoms with van der Waals surface area (Å²) < 4.78 is 0. The molecule has 3 atom stereocenters. The van der Waals surface area contributed by atoms with Crippen LogP contribution >= 0.6 is 23.5 Å². The largest absolute Gasteiger partial charge is 0.309 e. The lowest BCUT2D eigenvalue weighted by molar-refractivity contribution is 0.498. The smallest absolute Gasteiger partial charge is 0.0451 e. The Morgan fingerprint density at radius 3 is 2.58 bits per heavy atom. The van der Waals surface area contributed by atoms with Crippen LogP contribution in [0.15, 0.2) is 30.3 Å². The first kappa shape index (κ1) is 15.3. The summed E-state index contributed by atoms with van der Waals surface area (Å²) in [5.74, 6) is 2.61. The zero-order valence-electron chi connectivity index (χ0n) is 12.0. The highest BCUT2D eigenvalue weighted by atomic mass is 32.2. The minimum Gasteiger partial charge on any atom is -0.309 e. The van der Waals surface area contributed by atoms with E-state index in [0.29, 0.717) is 11.3 Å². The van der Waals surface area contributed by atoms with Crippen molar-refractivity contribution in [2.45, 2.75) is 43.2 Å². The molecule has 1 aliphatic rings. The molecule has 3 heteroatoms. The molecule has 1 aromatic carbocycles. The fraction of sp³-hybridized carbons (Fsp3) is 0.625. The summed E-state index contributed by atoms with van der Waals surface area (Å²) in [5.41, 5.74) is 1.45. The number of benzene rings is 1. The molecule has 2 rings (SSSR count). The molecule has 0 radical (unpaired) electrons. The topological polar surface area (TPSA) is 12.0 Å². The van der Waals surface area contributed by atoms with Crippen LogP contribution in [0.5, 0.6) is 0 Å². The van der Waals surface area contributed by atoms with Gasteiger partial charge >= 0.3 is 0 Å². The van der Waals surface area contributed by atoms with Crippen molar-refractivity contribution in [3.05, 3.63) is 35.9 Å². The van der Waals surface area contributed by atoms with E-state index >= 15 is 0 Å². The van der Waals surface area contributed by atoms with Crippen LogP contribution in [0.1, 0.15) is 38.3 Å². The maximum atomic E-state index is 3.79. The highest BCUT2D eigenvalue weighted by molar-refractivity contribution is 8.07. The maximum Gasteiger partial charge on any atom is 0.0451 e. The third-order valence-electron chi connectivity index (χ3n) is 3.60. The van der Waals surface area contributed by atoms with Gasteiger partial charge in [-0.1, -0.05) is 44.2 Å². The summed E-state index contributed by atoms with van der Waals surface area (Å²) in [6, 6.07) is 11.5. The molecule has 0 bridgehead atoms. The zero-order valence-corrected chi connectivity index (χ0v) is 13.6. The average molecular weight is 296 g/mol. The Labute approximate surface area is 126 Å². The number of hydrogen-bond donors (Lipinski definition) is 1. The van der Waals surface area contributed by atoms with Crippen LogP contribution < -0.4 is 5.32 Å². The van der Waals surface area contributed by atoms with Gasteiger partial charge in [-0.15, -0.1) is 0 Å². The quantitative estimate of drug-likeness (QED) is 0.838. The fourth-order valence-electron chi connectivity index (χ4n) is 2.63. The summed E-state index contributed by atoms with van der Waals surface area (Å²) in [7, 11) is 0. The van der Waals surface area contributed by atoms with Gasteiger partial charge in [-0.05, 0) is 24.9 Å². The van der Waals surface area contributed by atoms with E-state index in [1.807, 2.05) is 0 Å². The lowest BCUT2D eigenvalue weighted by atomic mass is 10.00. The molecule has 1 heterocycles. The van der Waals surface area contributed by atoms with E-state index in [4.69, 9.17) is 0 Å². The van der Waals surface area contributed by atoms with Gasteiger partial charge in [0.05, 0.1) is 0 Å². The van der Waals surface area contributed by atoms with Gasteiger partial charge in [0.1, 0.15) is 0 Å². The van der Waals surface area contributed by atoms with Crippen LogP contribution in [-0.4, -0.2) is 28.6 Å². The van der Waals surface area contributed by atoms with Gasteiger partial charge in [-0.3, -0.25) is 0 Å². The molecule has 1 nitrogen and oxygen atoms in total. The van der Waals surface area contributed by atoms with Crippen LogP contribution in [0.2, 0.25) is 0 Å². The summed E-state index contributed by atoms with van der Waals surface area (Å²) in [6.07, 6.45) is 2.48. The Kier molecular flexibility index (Phi) is 6.62. The van der Waals surface area contributed by atoms with E-state index < -0.39 is 0 Å². The Bertz CT molecular complexity index is 355. The second-order valence-corrected chi connectivity index (χ2v) is 7.63. The normalized spacial score (nSPS) is 25.2. The van der Waals surface area contributed by atoms with Gasteiger partial charge in [0, 0.05) is 28.0 Å². The lowest BCUT2D eigenvalue weighted by Crippen LogP contribution is -2.39. The molecule has 0 aliphatic carbocycles. The SMILES string of the molecule is CCCNC(c1ccccc1)C1SCCSC1CC. The summed E-state index contributed by atoms with van der Waals surface area (Å²) >= 11 is 4.33. The van der Waals surface area contributed by atoms with Crippen LogP contribution in [0.3, 0.4) is 0 Å². The minimum atomic E-state index is 0.504. The van der Waals surface area contributed by atoms with Crippen molar-refractivity contribution in [2.75, 3.05) is 18.1 Å². The van der Waals surface area contributed by atoms with Gasteiger partial charge in [0.2, 0.25) is 0 Å². The summed E-state index contributed by atoms with van der Waals surface area (Å²) in [5, 5.41) is 5.28. The number of nitrogens with one attached hydrogen (secondary N) is 1. The van der Waals surface area contributed by atoms with E-state index in [0.717, 1.165) is 11.8 Å². The van der Waals surface area contributed by atoms with E-state index in [-0.39, 0.29) is 0 Å². The highest BCUT2D eigenvalue weighted by Crippen LogP contribution is 2.40. The molecule has 0 saturated carbocycles. The molecule has 0 aromatic heterocycles. The van der Waals surface area contributed by atoms with E-state index in [1.165, 1.54) is 29.9 Å². The molecule has 1 aromatic rings. The number of thioether (sulfide) groups is 2.